The molecular formula is C4HNO. The van der Waals surface area contributed by atoms with Gasteiger partial charge in [-0.15, -0.1) is 0 Å². The topological polar surface area (TPSA) is 40.9 Å². The maximum atomic E-state index is 9.24. The summed E-state index contributed by atoms with van der Waals surface area (Å²) >= 11 is 0. The minimum absolute atomic E-state index is 0.378. The predicted molar refractivity (Wildman–Crippen MR) is 19.5 cm³/mol. The summed E-state index contributed by atoms with van der Waals surface area (Å²) in [6.45, 7) is 0. The van der Waals surface area contributed by atoms with Crippen molar-refractivity contribution in [2.24, 2.45) is 0 Å². The number of aldehydes is 1. The van der Waals surface area contributed by atoms with E-state index in [-0.39, 0.29) is 0 Å². The second-order valence-corrected chi connectivity index (χ2v) is 0.499. The summed E-state index contributed by atoms with van der Waals surface area (Å²) in [6, 6.07) is 1.48. The molecule has 2 nitrogen and oxygen atoms in total. The number of carbonyl (C=O) groups excluding carboxylic acids is 1. The smallest absolute Gasteiger partial charge is 0.193 e. The van der Waals surface area contributed by atoms with Gasteiger partial charge in [0.2, 0.25) is 0 Å². The zero-order valence-electron chi connectivity index (χ0n) is 2.93. The van der Waals surface area contributed by atoms with Gasteiger partial charge in [0.1, 0.15) is 0 Å². The van der Waals surface area contributed by atoms with Gasteiger partial charge in [-0.3, -0.25) is 4.79 Å². The van der Waals surface area contributed by atoms with Crippen molar-refractivity contribution in [3.05, 3.63) is 0 Å². The van der Waals surface area contributed by atoms with Gasteiger partial charge < -0.3 is 0 Å². The lowest BCUT2D eigenvalue weighted by Gasteiger charge is -1.40. The second-order valence-electron chi connectivity index (χ2n) is 0.499. The van der Waals surface area contributed by atoms with Crippen LogP contribution in [0.15, 0.2) is 0 Å². The highest BCUT2D eigenvalue weighted by Gasteiger charge is 1.50. The third kappa shape index (κ3) is 2.72. The van der Waals surface area contributed by atoms with Gasteiger partial charge in [-0.2, -0.15) is 5.26 Å². The Kier molecular flexibility index (Phi) is 2.93. The zero-order chi connectivity index (χ0) is 4.83. The largest absolute Gasteiger partial charge is 0.289 e. The number of nitriles is 1. The van der Waals surface area contributed by atoms with Gasteiger partial charge in [0.05, 0.1) is 0 Å². The van der Waals surface area contributed by atoms with Crippen LogP contribution < -0.4 is 0 Å². The molecule has 0 saturated heterocycles. The van der Waals surface area contributed by atoms with Crippen molar-refractivity contribution in [2.45, 2.75) is 0 Å². The Morgan fingerprint density at radius 3 is 2.50 bits per heavy atom. The predicted octanol–water partition coefficient (Wildman–Crippen LogP) is -0.288. The molecule has 0 heterocycles. The normalized spacial score (nSPS) is 3.83. The van der Waals surface area contributed by atoms with E-state index in [1.54, 1.807) is 0 Å². The highest BCUT2D eigenvalue weighted by Crippen LogP contribution is 1.39. The van der Waals surface area contributed by atoms with E-state index in [0.717, 1.165) is 0 Å². The molecule has 0 aromatic rings. The highest BCUT2D eigenvalue weighted by atomic mass is 16.1. The maximum absolute atomic E-state index is 9.24. The fraction of sp³-hybridized carbons (Fsp3) is 0. The highest BCUT2D eigenvalue weighted by molar-refractivity contribution is 5.73. The first-order valence-electron chi connectivity index (χ1n) is 1.25. The summed E-state index contributed by atoms with van der Waals surface area (Å²) in [5.41, 5.74) is 0. The van der Waals surface area contributed by atoms with E-state index >= 15 is 0 Å². The molecule has 0 atom stereocenters. The van der Waals surface area contributed by atoms with Gasteiger partial charge in [0.15, 0.2) is 12.4 Å². The molecule has 2 heteroatoms. The van der Waals surface area contributed by atoms with Crippen LogP contribution in [0.5, 0.6) is 0 Å². The summed E-state index contributed by atoms with van der Waals surface area (Å²) in [4.78, 5) is 9.24. The SMILES string of the molecule is N#CC#CC=O. The molecule has 0 radical (unpaired) electrons. The van der Waals surface area contributed by atoms with Crippen LogP contribution in [-0.4, -0.2) is 6.29 Å². The molecule has 0 spiro atoms. The van der Waals surface area contributed by atoms with Crippen LogP contribution >= 0.6 is 0 Å². The van der Waals surface area contributed by atoms with Crippen LogP contribution in [0.1, 0.15) is 0 Å². The van der Waals surface area contributed by atoms with Crippen LogP contribution in [0.3, 0.4) is 0 Å². The fourth-order valence-corrected chi connectivity index (χ4v) is 0.0617. The molecule has 0 saturated carbocycles. The van der Waals surface area contributed by atoms with Gasteiger partial charge in [0, 0.05) is 5.92 Å². The molecule has 0 bridgehead atoms. The molecule has 0 rings (SSSR count). The molecule has 0 aliphatic rings. The second kappa shape index (κ2) is 3.72. The molecule has 28 valence electrons. The first kappa shape index (κ1) is 4.72. The Labute approximate surface area is 35.4 Å². The van der Waals surface area contributed by atoms with Crippen molar-refractivity contribution in [1.29, 1.82) is 5.26 Å². The van der Waals surface area contributed by atoms with Crippen molar-refractivity contribution in [1.82, 2.24) is 0 Å². The minimum Gasteiger partial charge on any atom is -0.289 e. The van der Waals surface area contributed by atoms with Crippen LogP contribution in [0.25, 0.3) is 0 Å². The first-order valence-corrected chi connectivity index (χ1v) is 1.25. The summed E-state index contributed by atoms with van der Waals surface area (Å²) in [5.74, 6) is 3.79. The van der Waals surface area contributed by atoms with Crippen LogP contribution in [-0.2, 0) is 4.79 Å². The molecule has 0 aliphatic carbocycles. The van der Waals surface area contributed by atoms with E-state index in [1.807, 2.05) is 11.8 Å². The lowest BCUT2D eigenvalue weighted by Crippen LogP contribution is -1.54. The zero-order valence-corrected chi connectivity index (χ0v) is 2.93. The fourth-order valence-electron chi connectivity index (χ4n) is 0.0617. The number of carbonyl (C=O) groups is 1. The maximum Gasteiger partial charge on any atom is 0.193 e. The van der Waals surface area contributed by atoms with Gasteiger partial charge in [-0.05, 0) is 5.92 Å². The summed E-state index contributed by atoms with van der Waals surface area (Å²) in [7, 11) is 0. The molecule has 6 heavy (non-hydrogen) atoms. The van der Waals surface area contributed by atoms with Crippen molar-refractivity contribution < 1.29 is 4.79 Å². The Hall–Kier alpha value is -1.28. The summed E-state index contributed by atoms with van der Waals surface area (Å²) < 4.78 is 0. The monoisotopic (exact) mass is 79.0 g/mol. The molecule has 0 N–H and O–H groups in total. The average molecular weight is 79.1 g/mol. The van der Waals surface area contributed by atoms with Crippen LogP contribution in [0.4, 0.5) is 0 Å². The number of rotatable bonds is 0. The van der Waals surface area contributed by atoms with Gasteiger partial charge in [-0.25, -0.2) is 0 Å². The number of hydrogen-bond donors (Lipinski definition) is 0. The van der Waals surface area contributed by atoms with E-state index in [1.165, 1.54) is 6.07 Å². The molecule has 0 amide bonds. The third-order valence-corrected chi connectivity index (χ3v) is 0.187. The summed E-state index contributed by atoms with van der Waals surface area (Å²) in [5, 5.41) is 7.61. The molecule has 0 fully saturated rings. The standard InChI is InChI=1S/C4HNO/c5-3-1-2-4-6/h4H. The van der Waals surface area contributed by atoms with E-state index in [4.69, 9.17) is 5.26 Å². The summed E-state index contributed by atoms with van der Waals surface area (Å²) in [6.07, 6.45) is 0.378. The van der Waals surface area contributed by atoms with E-state index in [9.17, 15) is 4.79 Å². The lowest BCUT2D eigenvalue weighted by atomic mass is 10.6. The Morgan fingerprint density at radius 2 is 2.33 bits per heavy atom. The minimum atomic E-state index is 0.378. The van der Waals surface area contributed by atoms with Crippen molar-refractivity contribution in [3.8, 4) is 17.9 Å². The Balaban J connectivity index is 3.50. The van der Waals surface area contributed by atoms with Crippen molar-refractivity contribution >= 4 is 6.29 Å². The molecule has 0 aromatic carbocycles. The lowest BCUT2D eigenvalue weighted by molar-refractivity contribution is -0.103. The third-order valence-electron chi connectivity index (χ3n) is 0.187. The molecule has 0 unspecified atom stereocenters. The van der Waals surface area contributed by atoms with Gasteiger partial charge >= 0.3 is 0 Å². The first-order chi connectivity index (χ1) is 2.91. The molecule has 0 aromatic heterocycles. The molecular weight excluding hydrogens is 78.0 g/mol. The van der Waals surface area contributed by atoms with Crippen LogP contribution in [0, 0.1) is 23.2 Å². The van der Waals surface area contributed by atoms with Gasteiger partial charge in [0.25, 0.3) is 0 Å². The quantitative estimate of drug-likeness (QED) is 0.296. The number of nitrogens with zero attached hydrogens (tertiary/aromatic N) is 1. The average Bonchev–Trinajstić information content (AvgIpc) is 1.61. The van der Waals surface area contributed by atoms with E-state index in [2.05, 4.69) is 0 Å². The van der Waals surface area contributed by atoms with Crippen molar-refractivity contribution in [3.63, 3.8) is 0 Å². The van der Waals surface area contributed by atoms with Crippen molar-refractivity contribution in [2.75, 3.05) is 0 Å². The Morgan fingerprint density at radius 1 is 1.67 bits per heavy atom. The number of hydrogen-bond acceptors (Lipinski definition) is 2. The van der Waals surface area contributed by atoms with E-state index < -0.39 is 0 Å². The Bertz CT molecular complexity index is 132. The molecule has 0 aliphatic heterocycles. The van der Waals surface area contributed by atoms with Gasteiger partial charge in [-0.1, -0.05) is 0 Å². The van der Waals surface area contributed by atoms with E-state index in [0.29, 0.717) is 6.29 Å². The van der Waals surface area contributed by atoms with Crippen LogP contribution in [0.2, 0.25) is 0 Å².